The molecule has 1 aromatic carbocycles. The predicted molar refractivity (Wildman–Crippen MR) is 60.3 cm³/mol. The van der Waals surface area contributed by atoms with Crippen LogP contribution < -0.4 is 11.1 Å². The van der Waals surface area contributed by atoms with E-state index >= 15 is 0 Å². The molecular weight excluding hydrogens is 190 g/mol. The van der Waals surface area contributed by atoms with Gasteiger partial charge in [0.15, 0.2) is 0 Å². The molecule has 1 unspecified atom stereocenters. The molecule has 4 nitrogen and oxygen atoms in total. The highest BCUT2D eigenvalue weighted by Crippen LogP contribution is 2.16. The van der Waals surface area contributed by atoms with Crippen LogP contribution in [-0.2, 0) is 0 Å². The molecule has 0 heterocycles. The maximum Gasteiger partial charge on any atom is 0.101 e. The van der Waals surface area contributed by atoms with Crippen molar-refractivity contribution in [3.8, 4) is 6.07 Å². The van der Waals surface area contributed by atoms with Crippen LogP contribution in [-0.4, -0.2) is 18.3 Å². The summed E-state index contributed by atoms with van der Waals surface area (Å²) in [6.45, 7) is 2.76. The molecule has 0 aliphatic rings. The number of nitrogen functional groups attached to an aromatic ring is 1. The van der Waals surface area contributed by atoms with E-state index in [0.29, 0.717) is 17.8 Å². The third-order valence-electron chi connectivity index (χ3n) is 2.14. The highest BCUT2D eigenvalue weighted by molar-refractivity contribution is 5.61. The first-order chi connectivity index (χ1) is 7.17. The van der Waals surface area contributed by atoms with Gasteiger partial charge in [-0.15, -0.1) is 0 Å². The first kappa shape index (κ1) is 11.3. The van der Waals surface area contributed by atoms with E-state index in [-0.39, 0.29) is 12.5 Å². The van der Waals surface area contributed by atoms with Crippen LogP contribution in [0, 0.1) is 17.2 Å². The number of nitrogens with zero attached hydrogens (tertiary/aromatic N) is 1. The van der Waals surface area contributed by atoms with Crippen LogP contribution in [0.3, 0.4) is 0 Å². The van der Waals surface area contributed by atoms with E-state index in [9.17, 15) is 0 Å². The summed E-state index contributed by atoms with van der Waals surface area (Å²) in [5.41, 5.74) is 7.39. The van der Waals surface area contributed by atoms with Gasteiger partial charge in [0.1, 0.15) is 6.07 Å². The van der Waals surface area contributed by atoms with Crippen LogP contribution in [0.4, 0.5) is 11.4 Å². The van der Waals surface area contributed by atoms with Crippen molar-refractivity contribution < 1.29 is 5.11 Å². The van der Waals surface area contributed by atoms with Crippen LogP contribution in [0.1, 0.15) is 12.5 Å². The Morgan fingerprint density at radius 2 is 2.33 bits per heavy atom. The molecule has 0 saturated heterocycles. The summed E-state index contributed by atoms with van der Waals surface area (Å²) < 4.78 is 0. The number of aliphatic hydroxyl groups is 1. The van der Waals surface area contributed by atoms with Crippen LogP contribution in [0.15, 0.2) is 18.2 Å². The minimum atomic E-state index is 0.146. The lowest BCUT2D eigenvalue weighted by atomic mass is 10.1. The standard InChI is InChI=1S/C11H15N3O/c1-8(7-15)6-14-10-2-3-11(13)9(4-10)5-12/h2-4,8,14-15H,6-7,13H2,1H3. The summed E-state index contributed by atoms with van der Waals surface area (Å²) in [6.07, 6.45) is 0. The van der Waals surface area contributed by atoms with E-state index in [1.165, 1.54) is 0 Å². The Hall–Kier alpha value is -1.73. The minimum absolute atomic E-state index is 0.146. The van der Waals surface area contributed by atoms with Gasteiger partial charge in [-0.25, -0.2) is 0 Å². The van der Waals surface area contributed by atoms with Crippen molar-refractivity contribution in [3.05, 3.63) is 23.8 Å². The summed E-state index contributed by atoms with van der Waals surface area (Å²) in [5.74, 6) is 0.188. The zero-order valence-electron chi connectivity index (χ0n) is 8.70. The van der Waals surface area contributed by atoms with E-state index in [4.69, 9.17) is 16.1 Å². The average molecular weight is 205 g/mol. The topological polar surface area (TPSA) is 82.1 Å². The SMILES string of the molecule is CC(CO)CNc1ccc(N)c(C#N)c1. The molecule has 1 atom stereocenters. The molecule has 0 aliphatic heterocycles. The van der Waals surface area contributed by atoms with Gasteiger partial charge < -0.3 is 16.2 Å². The van der Waals surface area contributed by atoms with E-state index in [1.54, 1.807) is 12.1 Å². The van der Waals surface area contributed by atoms with Crippen molar-refractivity contribution in [2.75, 3.05) is 24.2 Å². The number of benzene rings is 1. The number of hydrogen-bond acceptors (Lipinski definition) is 4. The Kier molecular flexibility index (Phi) is 3.95. The van der Waals surface area contributed by atoms with Crippen molar-refractivity contribution in [1.82, 2.24) is 0 Å². The van der Waals surface area contributed by atoms with Crippen LogP contribution in [0.5, 0.6) is 0 Å². The second kappa shape index (κ2) is 5.23. The number of rotatable bonds is 4. The number of nitrogens with two attached hydrogens (primary N) is 1. The molecule has 1 aromatic rings. The number of aliphatic hydroxyl groups excluding tert-OH is 1. The maximum atomic E-state index is 8.85. The molecule has 15 heavy (non-hydrogen) atoms. The molecule has 0 spiro atoms. The number of hydrogen-bond donors (Lipinski definition) is 3. The molecule has 80 valence electrons. The van der Waals surface area contributed by atoms with Crippen LogP contribution >= 0.6 is 0 Å². The summed E-state index contributed by atoms with van der Waals surface area (Å²) in [5, 5.41) is 20.7. The van der Waals surface area contributed by atoms with E-state index in [2.05, 4.69) is 5.32 Å². The molecule has 0 aromatic heterocycles. The largest absolute Gasteiger partial charge is 0.398 e. The zero-order chi connectivity index (χ0) is 11.3. The molecule has 0 saturated carbocycles. The quantitative estimate of drug-likeness (QED) is 0.645. The van der Waals surface area contributed by atoms with Crippen molar-refractivity contribution in [2.45, 2.75) is 6.92 Å². The van der Waals surface area contributed by atoms with Crippen molar-refractivity contribution >= 4 is 11.4 Å². The van der Waals surface area contributed by atoms with Crippen LogP contribution in [0.25, 0.3) is 0 Å². The molecule has 0 aliphatic carbocycles. The minimum Gasteiger partial charge on any atom is -0.398 e. The van der Waals surface area contributed by atoms with E-state index < -0.39 is 0 Å². The lowest BCUT2D eigenvalue weighted by molar-refractivity contribution is 0.244. The summed E-state index contributed by atoms with van der Waals surface area (Å²) >= 11 is 0. The highest BCUT2D eigenvalue weighted by Gasteiger charge is 2.02. The lowest BCUT2D eigenvalue weighted by Gasteiger charge is -2.11. The van der Waals surface area contributed by atoms with Crippen molar-refractivity contribution in [2.24, 2.45) is 5.92 Å². The van der Waals surface area contributed by atoms with Gasteiger partial charge >= 0.3 is 0 Å². The molecule has 1 rings (SSSR count). The molecule has 0 fully saturated rings. The van der Waals surface area contributed by atoms with Gasteiger partial charge in [-0.2, -0.15) is 5.26 Å². The van der Waals surface area contributed by atoms with Crippen LogP contribution in [0.2, 0.25) is 0 Å². The normalized spacial score (nSPS) is 11.8. The summed E-state index contributed by atoms with van der Waals surface area (Å²) in [6, 6.07) is 7.25. The Bertz CT molecular complexity index is 371. The van der Waals surface area contributed by atoms with Gasteiger partial charge in [-0.1, -0.05) is 6.92 Å². The summed E-state index contributed by atoms with van der Waals surface area (Å²) in [7, 11) is 0. The smallest absolute Gasteiger partial charge is 0.101 e. The van der Waals surface area contributed by atoms with Gasteiger partial charge in [0, 0.05) is 24.5 Å². The fraction of sp³-hybridized carbons (Fsp3) is 0.364. The fourth-order valence-corrected chi connectivity index (χ4v) is 1.12. The monoisotopic (exact) mass is 205 g/mol. The number of nitrogens with one attached hydrogen (secondary N) is 1. The number of nitriles is 1. The van der Waals surface area contributed by atoms with Crippen molar-refractivity contribution in [1.29, 1.82) is 5.26 Å². The first-order valence-corrected chi connectivity index (χ1v) is 4.81. The third-order valence-corrected chi connectivity index (χ3v) is 2.14. The predicted octanol–water partition coefficient (Wildman–Crippen LogP) is 1.18. The Morgan fingerprint density at radius 3 is 2.93 bits per heavy atom. The van der Waals surface area contributed by atoms with Gasteiger partial charge in [-0.3, -0.25) is 0 Å². The number of anilines is 2. The molecule has 4 heteroatoms. The van der Waals surface area contributed by atoms with Gasteiger partial charge in [0.25, 0.3) is 0 Å². The van der Waals surface area contributed by atoms with Gasteiger partial charge in [0.2, 0.25) is 0 Å². The molecule has 0 radical (unpaired) electrons. The molecular formula is C11H15N3O. The van der Waals surface area contributed by atoms with Gasteiger partial charge in [0.05, 0.1) is 5.56 Å². The third kappa shape index (κ3) is 3.15. The van der Waals surface area contributed by atoms with E-state index in [1.807, 2.05) is 19.1 Å². The highest BCUT2D eigenvalue weighted by atomic mass is 16.3. The summed E-state index contributed by atoms with van der Waals surface area (Å²) in [4.78, 5) is 0. The van der Waals surface area contributed by atoms with Gasteiger partial charge in [-0.05, 0) is 24.1 Å². The second-order valence-electron chi connectivity index (χ2n) is 3.58. The Balaban J connectivity index is 2.67. The maximum absolute atomic E-state index is 8.85. The molecule has 0 bridgehead atoms. The fourth-order valence-electron chi connectivity index (χ4n) is 1.12. The van der Waals surface area contributed by atoms with E-state index in [0.717, 1.165) is 5.69 Å². The molecule has 0 amide bonds. The second-order valence-corrected chi connectivity index (χ2v) is 3.58. The lowest BCUT2D eigenvalue weighted by Crippen LogP contribution is -2.14. The van der Waals surface area contributed by atoms with Crippen molar-refractivity contribution in [3.63, 3.8) is 0 Å². The first-order valence-electron chi connectivity index (χ1n) is 4.81. The Morgan fingerprint density at radius 1 is 1.60 bits per heavy atom. The average Bonchev–Trinajstić information content (AvgIpc) is 2.27. The Labute approximate surface area is 89.3 Å². The zero-order valence-corrected chi connectivity index (χ0v) is 8.70. The molecule has 4 N–H and O–H groups in total.